The molecule has 0 heterocycles. The van der Waals surface area contributed by atoms with E-state index in [2.05, 4.69) is 19.1 Å². The highest BCUT2D eigenvalue weighted by Gasteiger charge is 2.13. The SMILES string of the molecule is CCCCCCCCC=CC(CC(OC)OCC)OC. The van der Waals surface area contributed by atoms with Crippen molar-refractivity contribution in [2.75, 3.05) is 20.8 Å². The molecular weight excluding hydrogens is 252 g/mol. The van der Waals surface area contributed by atoms with Gasteiger partial charge in [0.25, 0.3) is 0 Å². The fraction of sp³-hybridized carbons (Fsp3) is 0.882. The summed E-state index contributed by atoms with van der Waals surface area (Å²) in [7, 11) is 3.41. The van der Waals surface area contributed by atoms with Crippen molar-refractivity contribution in [3.8, 4) is 0 Å². The van der Waals surface area contributed by atoms with Gasteiger partial charge in [-0.1, -0.05) is 51.2 Å². The van der Waals surface area contributed by atoms with Crippen LogP contribution in [0.25, 0.3) is 0 Å². The topological polar surface area (TPSA) is 27.7 Å². The predicted octanol–water partition coefficient (Wildman–Crippen LogP) is 4.71. The van der Waals surface area contributed by atoms with Crippen molar-refractivity contribution in [1.29, 1.82) is 0 Å². The van der Waals surface area contributed by atoms with Crippen LogP contribution in [0.15, 0.2) is 12.2 Å². The van der Waals surface area contributed by atoms with E-state index in [1.54, 1.807) is 14.2 Å². The summed E-state index contributed by atoms with van der Waals surface area (Å²) in [4.78, 5) is 0. The Balaban J connectivity index is 3.72. The molecule has 0 radical (unpaired) electrons. The zero-order valence-electron chi connectivity index (χ0n) is 13.9. The number of ether oxygens (including phenoxy) is 3. The monoisotopic (exact) mass is 286 g/mol. The van der Waals surface area contributed by atoms with Gasteiger partial charge < -0.3 is 14.2 Å². The summed E-state index contributed by atoms with van der Waals surface area (Å²) in [6, 6.07) is 0. The molecule has 2 atom stereocenters. The molecule has 120 valence electrons. The Bertz CT molecular complexity index is 216. The summed E-state index contributed by atoms with van der Waals surface area (Å²) >= 11 is 0. The van der Waals surface area contributed by atoms with Crippen LogP contribution in [0.1, 0.15) is 65.2 Å². The first kappa shape index (κ1) is 19.6. The third-order valence-corrected chi connectivity index (χ3v) is 3.42. The van der Waals surface area contributed by atoms with E-state index in [4.69, 9.17) is 14.2 Å². The number of methoxy groups -OCH3 is 2. The molecular formula is C17H34O3. The van der Waals surface area contributed by atoms with E-state index < -0.39 is 0 Å². The van der Waals surface area contributed by atoms with Gasteiger partial charge in [-0.05, 0) is 19.8 Å². The van der Waals surface area contributed by atoms with E-state index in [9.17, 15) is 0 Å². The first-order valence-corrected chi connectivity index (χ1v) is 8.12. The number of rotatable bonds is 14. The number of allylic oxidation sites excluding steroid dienone is 1. The Morgan fingerprint density at radius 3 is 2.20 bits per heavy atom. The Morgan fingerprint density at radius 1 is 0.900 bits per heavy atom. The first-order valence-electron chi connectivity index (χ1n) is 8.12. The highest BCUT2D eigenvalue weighted by molar-refractivity contribution is 4.90. The lowest BCUT2D eigenvalue weighted by Crippen LogP contribution is -2.22. The molecule has 20 heavy (non-hydrogen) atoms. The van der Waals surface area contributed by atoms with Crippen molar-refractivity contribution in [3.05, 3.63) is 12.2 Å². The second-order valence-electron chi connectivity index (χ2n) is 5.12. The maximum Gasteiger partial charge on any atom is 0.159 e. The zero-order valence-corrected chi connectivity index (χ0v) is 13.9. The summed E-state index contributed by atoms with van der Waals surface area (Å²) in [5.41, 5.74) is 0. The Labute approximate surface area is 125 Å². The van der Waals surface area contributed by atoms with E-state index in [0.717, 1.165) is 12.8 Å². The maximum atomic E-state index is 5.47. The minimum atomic E-state index is -0.177. The first-order chi connectivity index (χ1) is 9.78. The fourth-order valence-electron chi connectivity index (χ4n) is 2.15. The van der Waals surface area contributed by atoms with Gasteiger partial charge in [0.05, 0.1) is 6.10 Å². The van der Waals surface area contributed by atoms with Gasteiger partial charge in [-0.3, -0.25) is 0 Å². The Hall–Kier alpha value is -0.380. The molecule has 0 aromatic rings. The third-order valence-electron chi connectivity index (χ3n) is 3.42. The average molecular weight is 286 g/mol. The molecule has 2 unspecified atom stereocenters. The van der Waals surface area contributed by atoms with Gasteiger partial charge in [0, 0.05) is 27.2 Å². The van der Waals surface area contributed by atoms with Crippen molar-refractivity contribution in [2.45, 2.75) is 77.6 Å². The van der Waals surface area contributed by atoms with Crippen molar-refractivity contribution in [2.24, 2.45) is 0 Å². The third kappa shape index (κ3) is 11.4. The molecule has 3 nitrogen and oxygen atoms in total. The van der Waals surface area contributed by atoms with Crippen LogP contribution >= 0.6 is 0 Å². The molecule has 0 aromatic heterocycles. The lowest BCUT2D eigenvalue weighted by molar-refractivity contribution is -0.136. The zero-order chi connectivity index (χ0) is 15.1. The molecule has 0 bridgehead atoms. The largest absolute Gasteiger partial charge is 0.377 e. The summed E-state index contributed by atoms with van der Waals surface area (Å²) in [5, 5.41) is 0. The molecule has 0 fully saturated rings. The van der Waals surface area contributed by atoms with Crippen LogP contribution in [0.3, 0.4) is 0 Å². The molecule has 0 aliphatic heterocycles. The Kier molecular flexibility index (Phi) is 14.7. The van der Waals surface area contributed by atoms with Crippen LogP contribution in [0.5, 0.6) is 0 Å². The van der Waals surface area contributed by atoms with Gasteiger partial charge in [-0.2, -0.15) is 0 Å². The van der Waals surface area contributed by atoms with Gasteiger partial charge in [0.15, 0.2) is 6.29 Å². The molecule has 0 amide bonds. The fourth-order valence-corrected chi connectivity index (χ4v) is 2.15. The van der Waals surface area contributed by atoms with E-state index in [0.29, 0.717) is 6.61 Å². The van der Waals surface area contributed by atoms with Gasteiger partial charge in [0.1, 0.15) is 0 Å². The minimum Gasteiger partial charge on any atom is -0.377 e. The van der Waals surface area contributed by atoms with Crippen LogP contribution in [0.4, 0.5) is 0 Å². The molecule has 0 aromatic carbocycles. The number of unbranched alkanes of at least 4 members (excludes halogenated alkanes) is 6. The predicted molar refractivity (Wildman–Crippen MR) is 85.0 cm³/mol. The van der Waals surface area contributed by atoms with Crippen LogP contribution < -0.4 is 0 Å². The standard InChI is InChI=1S/C17H34O3/c1-5-7-8-9-10-11-12-13-14-16(18-3)15-17(19-4)20-6-2/h13-14,16-17H,5-12,15H2,1-4H3. The summed E-state index contributed by atoms with van der Waals surface area (Å²) in [5.74, 6) is 0. The van der Waals surface area contributed by atoms with Crippen LogP contribution in [-0.4, -0.2) is 33.2 Å². The van der Waals surface area contributed by atoms with Crippen molar-refractivity contribution in [1.82, 2.24) is 0 Å². The normalized spacial score (nSPS) is 14.8. The molecule has 3 heteroatoms. The second-order valence-corrected chi connectivity index (χ2v) is 5.12. The summed E-state index contributed by atoms with van der Waals surface area (Å²) < 4.78 is 16.2. The lowest BCUT2D eigenvalue weighted by Gasteiger charge is -2.19. The van der Waals surface area contributed by atoms with Crippen LogP contribution in [0, 0.1) is 0 Å². The molecule has 0 saturated carbocycles. The van der Waals surface area contributed by atoms with Crippen LogP contribution in [-0.2, 0) is 14.2 Å². The van der Waals surface area contributed by atoms with Crippen molar-refractivity contribution in [3.63, 3.8) is 0 Å². The van der Waals surface area contributed by atoms with E-state index in [1.165, 1.54) is 38.5 Å². The van der Waals surface area contributed by atoms with Gasteiger partial charge in [0.2, 0.25) is 0 Å². The second kappa shape index (κ2) is 15.0. The summed E-state index contributed by atoms with van der Waals surface area (Å²) in [6.07, 6.45) is 14.2. The molecule has 0 aliphatic carbocycles. The molecule has 0 N–H and O–H groups in total. The molecule has 0 aliphatic rings. The number of hydrogen-bond donors (Lipinski definition) is 0. The summed E-state index contributed by atoms with van der Waals surface area (Å²) in [6.45, 7) is 4.89. The van der Waals surface area contributed by atoms with Gasteiger partial charge in [-0.25, -0.2) is 0 Å². The molecule has 0 rings (SSSR count). The minimum absolute atomic E-state index is 0.0755. The van der Waals surface area contributed by atoms with Crippen molar-refractivity contribution < 1.29 is 14.2 Å². The Morgan fingerprint density at radius 2 is 1.60 bits per heavy atom. The van der Waals surface area contributed by atoms with Crippen LogP contribution in [0.2, 0.25) is 0 Å². The van der Waals surface area contributed by atoms with Crippen molar-refractivity contribution >= 4 is 0 Å². The smallest absolute Gasteiger partial charge is 0.159 e. The van der Waals surface area contributed by atoms with E-state index in [1.807, 2.05) is 6.92 Å². The molecule has 0 spiro atoms. The molecule has 0 saturated heterocycles. The van der Waals surface area contributed by atoms with E-state index >= 15 is 0 Å². The highest BCUT2D eigenvalue weighted by atomic mass is 16.7. The maximum absolute atomic E-state index is 5.47. The number of hydrogen-bond acceptors (Lipinski definition) is 3. The highest BCUT2D eigenvalue weighted by Crippen LogP contribution is 2.11. The average Bonchev–Trinajstić information content (AvgIpc) is 2.47. The van der Waals surface area contributed by atoms with Gasteiger partial charge >= 0.3 is 0 Å². The van der Waals surface area contributed by atoms with E-state index in [-0.39, 0.29) is 12.4 Å². The van der Waals surface area contributed by atoms with Gasteiger partial charge in [-0.15, -0.1) is 0 Å². The lowest BCUT2D eigenvalue weighted by atomic mass is 10.1. The quantitative estimate of drug-likeness (QED) is 0.263.